The number of ether oxygens (including phenoxy) is 1. The monoisotopic (exact) mass is 371 g/mol. The van der Waals surface area contributed by atoms with Crippen LogP contribution < -0.4 is 5.32 Å². The third-order valence-corrected chi connectivity index (χ3v) is 5.06. The Hall–Kier alpha value is -2.73. The minimum atomic E-state index is -1.09. The van der Waals surface area contributed by atoms with Crippen LogP contribution in [-0.4, -0.2) is 36.2 Å². The Morgan fingerprint density at radius 2 is 1.70 bits per heavy atom. The smallest absolute Gasteiger partial charge is 0.326 e. The summed E-state index contributed by atoms with van der Waals surface area (Å²) in [5.41, 5.74) is 0.581. The highest BCUT2D eigenvalue weighted by molar-refractivity contribution is 5.91. The second-order valence-electron chi connectivity index (χ2n) is 6.76. The molecule has 1 amide bonds. The average molecular weight is 371 g/mol. The SMILES string of the molecule is O=C(O)C(Cc1ccccc1)NC(=O)C1(c2ccc(F)cc2)CCOCC1. The largest absolute Gasteiger partial charge is 0.480 e. The number of hydrogen-bond acceptors (Lipinski definition) is 3. The van der Waals surface area contributed by atoms with Crippen molar-refractivity contribution in [3.8, 4) is 0 Å². The van der Waals surface area contributed by atoms with Gasteiger partial charge in [-0.1, -0.05) is 42.5 Å². The maximum absolute atomic E-state index is 13.3. The van der Waals surface area contributed by atoms with Crippen LogP contribution in [0.1, 0.15) is 24.0 Å². The number of carbonyl (C=O) groups is 2. The van der Waals surface area contributed by atoms with E-state index in [2.05, 4.69) is 5.32 Å². The predicted molar refractivity (Wildman–Crippen MR) is 97.8 cm³/mol. The summed E-state index contributed by atoms with van der Waals surface area (Å²) < 4.78 is 18.7. The van der Waals surface area contributed by atoms with E-state index in [0.717, 1.165) is 5.56 Å². The molecule has 1 heterocycles. The second kappa shape index (κ2) is 8.31. The van der Waals surface area contributed by atoms with E-state index in [1.165, 1.54) is 12.1 Å². The highest BCUT2D eigenvalue weighted by Crippen LogP contribution is 2.35. The Kier molecular flexibility index (Phi) is 5.86. The lowest BCUT2D eigenvalue weighted by molar-refractivity contribution is -0.143. The number of halogens is 1. The van der Waals surface area contributed by atoms with Gasteiger partial charge in [-0.15, -0.1) is 0 Å². The summed E-state index contributed by atoms with van der Waals surface area (Å²) >= 11 is 0. The van der Waals surface area contributed by atoms with Crippen LogP contribution in [0, 0.1) is 5.82 Å². The van der Waals surface area contributed by atoms with E-state index >= 15 is 0 Å². The van der Waals surface area contributed by atoms with Crippen LogP contribution in [0.25, 0.3) is 0 Å². The van der Waals surface area contributed by atoms with Crippen molar-refractivity contribution in [2.24, 2.45) is 0 Å². The summed E-state index contributed by atoms with van der Waals surface area (Å²) in [5, 5.41) is 12.3. The molecule has 6 heteroatoms. The summed E-state index contributed by atoms with van der Waals surface area (Å²) in [5.74, 6) is -1.83. The molecule has 27 heavy (non-hydrogen) atoms. The minimum Gasteiger partial charge on any atom is -0.480 e. The lowest BCUT2D eigenvalue weighted by Crippen LogP contribution is -2.53. The Balaban J connectivity index is 1.84. The average Bonchev–Trinajstić information content (AvgIpc) is 2.69. The van der Waals surface area contributed by atoms with Gasteiger partial charge in [0, 0.05) is 19.6 Å². The number of carboxylic acid groups (broad SMARTS) is 1. The molecule has 0 aromatic heterocycles. The van der Waals surface area contributed by atoms with Crippen molar-refractivity contribution in [2.45, 2.75) is 30.7 Å². The molecule has 1 saturated heterocycles. The predicted octanol–water partition coefficient (Wildman–Crippen LogP) is 2.69. The van der Waals surface area contributed by atoms with Gasteiger partial charge in [-0.3, -0.25) is 4.79 Å². The van der Waals surface area contributed by atoms with Crippen molar-refractivity contribution in [3.63, 3.8) is 0 Å². The zero-order valence-electron chi connectivity index (χ0n) is 14.9. The van der Waals surface area contributed by atoms with Gasteiger partial charge in [0.2, 0.25) is 5.91 Å². The molecule has 3 rings (SSSR count). The molecule has 0 bridgehead atoms. The first-order valence-electron chi connectivity index (χ1n) is 8.93. The Labute approximate surface area is 157 Å². The summed E-state index contributed by atoms with van der Waals surface area (Å²) in [6, 6.07) is 13.9. The van der Waals surface area contributed by atoms with Crippen LogP contribution in [0.15, 0.2) is 54.6 Å². The second-order valence-corrected chi connectivity index (χ2v) is 6.76. The molecule has 1 atom stereocenters. The van der Waals surface area contributed by atoms with Gasteiger partial charge in [-0.25, -0.2) is 9.18 Å². The van der Waals surface area contributed by atoms with Gasteiger partial charge in [0.05, 0.1) is 5.41 Å². The standard InChI is InChI=1S/C21H22FNO4/c22-17-8-6-16(7-9-17)21(10-12-27-13-11-21)20(26)23-18(19(24)25)14-15-4-2-1-3-5-15/h1-9,18H,10-14H2,(H,23,26)(H,24,25). The molecule has 0 saturated carbocycles. The lowest BCUT2D eigenvalue weighted by atomic mass is 9.73. The highest BCUT2D eigenvalue weighted by Gasteiger charge is 2.43. The first kappa shape index (κ1) is 19.0. The number of rotatable bonds is 6. The molecule has 2 aromatic rings. The molecule has 1 aliphatic rings. The Morgan fingerprint density at radius 1 is 1.07 bits per heavy atom. The van der Waals surface area contributed by atoms with Gasteiger partial charge in [0.15, 0.2) is 0 Å². The summed E-state index contributed by atoms with van der Waals surface area (Å²) in [4.78, 5) is 24.9. The number of aliphatic carboxylic acids is 1. The van der Waals surface area contributed by atoms with Crippen LogP contribution in [-0.2, 0) is 26.2 Å². The van der Waals surface area contributed by atoms with E-state index in [-0.39, 0.29) is 18.1 Å². The van der Waals surface area contributed by atoms with Gasteiger partial charge in [0.25, 0.3) is 0 Å². The number of nitrogens with one attached hydrogen (secondary N) is 1. The van der Waals surface area contributed by atoms with E-state index in [1.807, 2.05) is 30.3 Å². The number of benzene rings is 2. The third-order valence-electron chi connectivity index (χ3n) is 5.06. The molecular weight excluding hydrogens is 349 g/mol. The number of carboxylic acids is 1. The zero-order valence-corrected chi connectivity index (χ0v) is 14.9. The fraction of sp³-hybridized carbons (Fsp3) is 0.333. The third kappa shape index (κ3) is 4.34. The first-order chi connectivity index (χ1) is 13.0. The van der Waals surface area contributed by atoms with Gasteiger partial charge < -0.3 is 15.2 Å². The van der Waals surface area contributed by atoms with Crippen LogP contribution in [0.5, 0.6) is 0 Å². The van der Waals surface area contributed by atoms with Crippen LogP contribution >= 0.6 is 0 Å². The Morgan fingerprint density at radius 3 is 2.30 bits per heavy atom. The molecule has 1 aliphatic heterocycles. The van der Waals surface area contributed by atoms with Crippen molar-refractivity contribution in [2.75, 3.05) is 13.2 Å². The molecule has 2 aromatic carbocycles. The summed E-state index contributed by atoms with van der Waals surface area (Å²) in [6.45, 7) is 0.780. The fourth-order valence-corrected chi connectivity index (χ4v) is 3.48. The first-order valence-corrected chi connectivity index (χ1v) is 8.93. The van der Waals surface area contributed by atoms with Crippen molar-refractivity contribution < 1.29 is 23.8 Å². The summed E-state index contributed by atoms with van der Waals surface area (Å²) in [6.07, 6.45) is 1.03. The van der Waals surface area contributed by atoms with E-state index < -0.39 is 17.4 Å². The zero-order chi connectivity index (χ0) is 19.3. The van der Waals surface area contributed by atoms with Gasteiger partial charge in [-0.05, 0) is 36.1 Å². The maximum atomic E-state index is 13.3. The van der Waals surface area contributed by atoms with Crippen molar-refractivity contribution in [1.29, 1.82) is 0 Å². The van der Waals surface area contributed by atoms with E-state index in [1.54, 1.807) is 12.1 Å². The minimum absolute atomic E-state index is 0.192. The molecule has 0 radical (unpaired) electrons. The van der Waals surface area contributed by atoms with Gasteiger partial charge in [0.1, 0.15) is 11.9 Å². The molecule has 142 valence electrons. The molecule has 1 fully saturated rings. The van der Waals surface area contributed by atoms with Crippen LogP contribution in [0.4, 0.5) is 4.39 Å². The van der Waals surface area contributed by atoms with Crippen molar-refractivity contribution in [3.05, 3.63) is 71.5 Å². The van der Waals surface area contributed by atoms with E-state index in [0.29, 0.717) is 31.6 Å². The topological polar surface area (TPSA) is 75.6 Å². The number of hydrogen-bond donors (Lipinski definition) is 2. The summed E-state index contributed by atoms with van der Waals surface area (Å²) in [7, 11) is 0. The van der Waals surface area contributed by atoms with Crippen molar-refractivity contribution >= 4 is 11.9 Å². The Bertz CT molecular complexity index is 786. The molecule has 2 N–H and O–H groups in total. The molecule has 0 aliphatic carbocycles. The number of amides is 1. The van der Waals surface area contributed by atoms with Crippen LogP contribution in [0.2, 0.25) is 0 Å². The normalized spacial score (nSPS) is 17.1. The fourth-order valence-electron chi connectivity index (χ4n) is 3.48. The van der Waals surface area contributed by atoms with E-state index in [9.17, 15) is 19.1 Å². The lowest BCUT2D eigenvalue weighted by Gasteiger charge is -2.37. The quantitative estimate of drug-likeness (QED) is 0.819. The van der Waals surface area contributed by atoms with Crippen LogP contribution in [0.3, 0.4) is 0 Å². The van der Waals surface area contributed by atoms with Gasteiger partial charge in [-0.2, -0.15) is 0 Å². The number of carbonyl (C=O) groups excluding carboxylic acids is 1. The van der Waals surface area contributed by atoms with Crippen molar-refractivity contribution in [1.82, 2.24) is 5.32 Å². The molecule has 5 nitrogen and oxygen atoms in total. The molecule has 1 unspecified atom stereocenters. The van der Waals surface area contributed by atoms with E-state index in [4.69, 9.17) is 4.74 Å². The maximum Gasteiger partial charge on any atom is 0.326 e. The highest BCUT2D eigenvalue weighted by atomic mass is 19.1. The van der Waals surface area contributed by atoms with Gasteiger partial charge >= 0.3 is 5.97 Å². The molecular formula is C21H22FNO4. The molecule has 0 spiro atoms.